The molecule has 5 nitrogen and oxygen atoms in total. The number of carbonyl (C=O) groups is 2. The van der Waals surface area contributed by atoms with Crippen molar-refractivity contribution < 1.29 is 19.4 Å². The average molecular weight is 221 g/mol. The number of aliphatic carboxylic acids is 1. The maximum Gasteiger partial charge on any atom is 0.412 e. The topological polar surface area (TPSA) is 75.6 Å². The summed E-state index contributed by atoms with van der Waals surface area (Å²) in [5.41, 5.74) is 0.400. The molecular formula is C11H11NO4. The zero-order valence-corrected chi connectivity index (χ0v) is 8.47. The van der Waals surface area contributed by atoms with E-state index in [9.17, 15) is 9.59 Å². The van der Waals surface area contributed by atoms with E-state index < -0.39 is 17.8 Å². The number of carbonyl (C=O) groups excluding carboxylic acids is 1. The number of hydrogen-bond acceptors (Lipinski definition) is 3. The van der Waals surface area contributed by atoms with Crippen molar-refractivity contribution >= 4 is 12.1 Å². The summed E-state index contributed by atoms with van der Waals surface area (Å²) in [4.78, 5) is 21.4. The SMILES string of the molecule is C=C(NC(=O)OCc1ccccc1)C(=O)O. The Balaban J connectivity index is 2.36. The number of carboxylic acids is 1. The maximum absolute atomic E-state index is 11.1. The van der Waals surface area contributed by atoms with Crippen LogP contribution < -0.4 is 5.32 Å². The molecule has 0 saturated carbocycles. The first-order chi connectivity index (χ1) is 7.59. The maximum atomic E-state index is 11.1. The molecule has 0 saturated heterocycles. The standard InChI is InChI=1S/C11H11NO4/c1-8(10(13)14)12-11(15)16-7-9-5-3-2-4-6-9/h2-6H,1,7H2,(H,12,15)(H,13,14). The first kappa shape index (κ1) is 11.8. The molecule has 0 aromatic heterocycles. The molecule has 1 aromatic carbocycles. The van der Waals surface area contributed by atoms with Crippen molar-refractivity contribution in [1.29, 1.82) is 0 Å². The van der Waals surface area contributed by atoms with Crippen molar-refractivity contribution in [3.63, 3.8) is 0 Å². The molecular weight excluding hydrogens is 210 g/mol. The van der Waals surface area contributed by atoms with Gasteiger partial charge in [0, 0.05) is 0 Å². The Labute approximate surface area is 92.3 Å². The molecule has 0 spiro atoms. The highest BCUT2D eigenvalue weighted by Gasteiger charge is 2.09. The molecule has 1 aromatic rings. The second-order valence-electron chi connectivity index (χ2n) is 2.97. The first-order valence-electron chi connectivity index (χ1n) is 4.49. The Morgan fingerprint density at radius 2 is 1.94 bits per heavy atom. The number of benzene rings is 1. The van der Waals surface area contributed by atoms with Crippen LogP contribution in [-0.4, -0.2) is 17.2 Å². The van der Waals surface area contributed by atoms with E-state index in [0.717, 1.165) is 5.56 Å². The summed E-state index contributed by atoms with van der Waals surface area (Å²) in [7, 11) is 0. The van der Waals surface area contributed by atoms with Crippen LogP contribution in [0.5, 0.6) is 0 Å². The molecule has 1 amide bonds. The van der Waals surface area contributed by atoms with E-state index >= 15 is 0 Å². The molecule has 0 bridgehead atoms. The second-order valence-corrected chi connectivity index (χ2v) is 2.97. The van der Waals surface area contributed by atoms with Crippen LogP contribution in [-0.2, 0) is 16.1 Å². The number of hydrogen-bond donors (Lipinski definition) is 2. The highest BCUT2D eigenvalue weighted by molar-refractivity contribution is 5.89. The minimum Gasteiger partial charge on any atom is -0.477 e. The van der Waals surface area contributed by atoms with Gasteiger partial charge in [-0.2, -0.15) is 0 Å². The Bertz CT molecular complexity index is 400. The van der Waals surface area contributed by atoms with Crippen LogP contribution in [0.15, 0.2) is 42.6 Å². The minimum atomic E-state index is -1.29. The number of amides is 1. The van der Waals surface area contributed by atoms with Gasteiger partial charge in [-0.25, -0.2) is 9.59 Å². The molecule has 0 aliphatic carbocycles. The van der Waals surface area contributed by atoms with Gasteiger partial charge in [0.2, 0.25) is 0 Å². The Morgan fingerprint density at radius 3 is 2.50 bits per heavy atom. The van der Waals surface area contributed by atoms with E-state index in [1.54, 1.807) is 12.1 Å². The molecule has 1 rings (SSSR count). The van der Waals surface area contributed by atoms with Crippen LogP contribution >= 0.6 is 0 Å². The summed E-state index contributed by atoms with van der Waals surface area (Å²) in [6.07, 6.45) is -0.837. The molecule has 0 atom stereocenters. The first-order valence-corrected chi connectivity index (χ1v) is 4.49. The lowest BCUT2D eigenvalue weighted by Gasteiger charge is -2.06. The lowest BCUT2D eigenvalue weighted by Crippen LogP contribution is -2.27. The van der Waals surface area contributed by atoms with Crippen LogP contribution in [0.4, 0.5) is 4.79 Å². The molecule has 2 N–H and O–H groups in total. The summed E-state index contributed by atoms with van der Waals surface area (Å²) in [5, 5.41) is 10.4. The highest BCUT2D eigenvalue weighted by atomic mass is 16.5. The van der Waals surface area contributed by atoms with Crippen molar-refractivity contribution in [2.75, 3.05) is 0 Å². The van der Waals surface area contributed by atoms with E-state index in [-0.39, 0.29) is 6.61 Å². The smallest absolute Gasteiger partial charge is 0.412 e. The van der Waals surface area contributed by atoms with Gasteiger partial charge in [0.15, 0.2) is 0 Å². The molecule has 16 heavy (non-hydrogen) atoms. The normalized spacial score (nSPS) is 9.25. The number of alkyl carbamates (subject to hydrolysis) is 1. The number of rotatable bonds is 4. The predicted molar refractivity (Wildman–Crippen MR) is 56.5 cm³/mol. The fraction of sp³-hybridized carbons (Fsp3) is 0.0909. The third-order valence-electron chi connectivity index (χ3n) is 1.72. The lowest BCUT2D eigenvalue weighted by molar-refractivity contribution is -0.133. The molecule has 0 heterocycles. The molecule has 84 valence electrons. The quantitative estimate of drug-likeness (QED) is 0.755. The molecule has 0 fully saturated rings. The largest absolute Gasteiger partial charge is 0.477 e. The van der Waals surface area contributed by atoms with Crippen LogP contribution in [0.3, 0.4) is 0 Å². The van der Waals surface area contributed by atoms with Crippen molar-refractivity contribution in [2.45, 2.75) is 6.61 Å². The van der Waals surface area contributed by atoms with Crippen molar-refractivity contribution in [1.82, 2.24) is 5.32 Å². The molecule has 0 aliphatic rings. The Morgan fingerprint density at radius 1 is 1.31 bits per heavy atom. The van der Waals surface area contributed by atoms with Gasteiger partial charge in [-0.3, -0.25) is 5.32 Å². The lowest BCUT2D eigenvalue weighted by atomic mass is 10.2. The fourth-order valence-electron chi connectivity index (χ4n) is 0.936. The van der Waals surface area contributed by atoms with Gasteiger partial charge in [0.1, 0.15) is 12.3 Å². The van der Waals surface area contributed by atoms with Crippen molar-refractivity contribution in [2.24, 2.45) is 0 Å². The van der Waals surface area contributed by atoms with Gasteiger partial charge in [-0.05, 0) is 5.56 Å². The van der Waals surface area contributed by atoms with E-state index in [4.69, 9.17) is 9.84 Å². The monoisotopic (exact) mass is 221 g/mol. The highest BCUT2D eigenvalue weighted by Crippen LogP contribution is 2.00. The second kappa shape index (κ2) is 5.55. The minimum absolute atomic E-state index is 0.0829. The molecule has 5 heteroatoms. The van der Waals surface area contributed by atoms with Gasteiger partial charge in [-0.15, -0.1) is 0 Å². The van der Waals surface area contributed by atoms with Gasteiger partial charge < -0.3 is 9.84 Å². The summed E-state index contributed by atoms with van der Waals surface area (Å²) in [6, 6.07) is 9.05. The van der Waals surface area contributed by atoms with E-state index in [1.807, 2.05) is 23.5 Å². The van der Waals surface area contributed by atoms with Crippen molar-refractivity contribution in [3.05, 3.63) is 48.2 Å². The third kappa shape index (κ3) is 3.83. The molecule has 0 aliphatic heterocycles. The van der Waals surface area contributed by atoms with Gasteiger partial charge in [0.25, 0.3) is 0 Å². The molecule has 0 unspecified atom stereocenters. The summed E-state index contributed by atoms with van der Waals surface area (Å²) in [5.74, 6) is -1.29. The van der Waals surface area contributed by atoms with Crippen LogP contribution in [0.25, 0.3) is 0 Å². The number of carboxylic acid groups (broad SMARTS) is 1. The van der Waals surface area contributed by atoms with Crippen molar-refractivity contribution in [3.8, 4) is 0 Å². The number of ether oxygens (including phenoxy) is 1. The molecule has 0 radical (unpaired) electrons. The Kier molecular flexibility index (Phi) is 4.08. The Hall–Kier alpha value is -2.30. The zero-order chi connectivity index (χ0) is 12.0. The summed E-state index contributed by atoms with van der Waals surface area (Å²) in [6.45, 7) is 3.22. The van der Waals surface area contributed by atoms with Gasteiger partial charge >= 0.3 is 12.1 Å². The van der Waals surface area contributed by atoms with Crippen LogP contribution in [0.2, 0.25) is 0 Å². The van der Waals surface area contributed by atoms with Gasteiger partial charge in [-0.1, -0.05) is 36.9 Å². The third-order valence-corrected chi connectivity index (χ3v) is 1.72. The van der Waals surface area contributed by atoms with Crippen LogP contribution in [0, 0.1) is 0 Å². The predicted octanol–water partition coefficient (Wildman–Crippen LogP) is 1.51. The zero-order valence-electron chi connectivity index (χ0n) is 8.47. The average Bonchev–Trinajstić information content (AvgIpc) is 2.27. The fourth-order valence-corrected chi connectivity index (χ4v) is 0.936. The summed E-state index contributed by atoms with van der Waals surface area (Å²) < 4.78 is 4.77. The van der Waals surface area contributed by atoms with Crippen LogP contribution in [0.1, 0.15) is 5.56 Å². The van der Waals surface area contributed by atoms with E-state index in [1.165, 1.54) is 0 Å². The summed E-state index contributed by atoms with van der Waals surface area (Å²) >= 11 is 0. The number of nitrogens with one attached hydrogen (secondary N) is 1. The van der Waals surface area contributed by atoms with E-state index in [0.29, 0.717) is 0 Å². The van der Waals surface area contributed by atoms with Gasteiger partial charge in [0.05, 0.1) is 0 Å². The van der Waals surface area contributed by atoms with E-state index in [2.05, 4.69) is 6.58 Å².